The Morgan fingerprint density at radius 3 is 2.37 bits per heavy atom. The molecule has 6 nitrogen and oxygen atoms in total. The summed E-state index contributed by atoms with van der Waals surface area (Å²) in [7, 11) is 1.49. The molecule has 3 aromatic rings. The molecule has 0 atom stereocenters. The molecular formula is C21H21N3O3. The van der Waals surface area contributed by atoms with Crippen molar-refractivity contribution in [2.75, 3.05) is 7.11 Å². The molecule has 0 saturated heterocycles. The maximum atomic E-state index is 12.5. The first-order valence-electron chi connectivity index (χ1n) is 8.62. The molecule has 0 aliphatic heterocycles. The van der Waals surface area contributed by atoms with Gasteiger partial charge in [0.1, 0.15) is 11.4 Å². The lowest BCUT2D eigenvalue weighted by Crippen LogP contribution is -2.42. The summed E-state index contributed by atoms with van der Waals surface area (Å²) < 4.78 is 7.02. The van der Waals surface area contributed by atoms with Crippen LogP contribution in [0.4, 0.5) is 0 Å². The van der Waals surface area contributed by atoms with Gasteiger partial charge in [-0.2, -0.15) is 0 Å². The fraction of sp³-hybridized carbons (Fsp3) is 0.143. The Labute approximate surface area is 157 Å². The minimum Gasteiger partial charge on any atom is -0.496 e. The molecule has 1 heterocycles. The largest absolute Gasteiger partial charge is 0.496 e. The monoisotopic (exact) mass is 363 g/mol. The molecule has 0 fully saturated rings. The van der Waals surface area contributed by atoms with E-state index in [1.165, 1.54) is 12.7 Å². The zero-order valence-corrected chi connectivity index (χ0v) is 15.0. The topological polar surface area (TPSA) is 72.4 Å². The third-order valence-electron chi connectivity index (χ3n) is 4.19. The van der Waals surface area contributed by atoms with E-state index in [1.54, 1.807) is 30.3 Å². The summed E-state index contributed by atoms with van der Waals surface area (Å²) in [6.45, 7) is 0.667. The van der Waals surface area contributed by atoms with Crippen molar-refractivity contribution >= 4 is 11.8 Å². The van der Waals surface area contributed by atoms with Crippen LogP contribution in [-0.4, -0.2) is 23.5 Å². The first-order chi connectivity index (χ1) is 13.2. The van der Waals surface area contributed by atoms with Crippen LogP contribution in [0.25, 0.3) is 0 Å². The first kappa shape index (κ1) is 18.3. The quantitative estimate of drug-likeness (QED) is 0.662. The van der Waals surface area contributed by atoms with Gasteiger partial charge in [-0.05, 0) is 36.2 Å². The predicted octanol–water partition coefficient (Wildman–Crippen LogP) is 2.81. The lowest BCUT2D eigenvalue weighted by atomic mass is 10.1. The molecule has 0 aliphatic rings. The van der Waals surface area contributed by atoms with E-state index in [1.807, 2.05) is 35.0 Å². The number of hydrogen-bond acceptors (Lipinski definition) is 3. The highest BCUT2D eigenvalue weighted by Crippen LogP contribution is 2.16. The second kappa shape index (κ2) is 8.71. The van der Waals surface area contributed by atoms with E-state index < -0.39 is 5.91 Å². The van der Waals surface area contributed by atoms with Gasteiger partial charge in [-0.25, -0.2) is 0 Å². The number of aromatic nitrogens is 1. The van der Waals surface area contributed by atoms with Gasteiger partial charge in [0.25, 0.3) is 11.8 Å². The molecule has 0 spiro atoms. The number of aryl methyl sites for hydroxylation is 2. The number of para-hydroxylation sites is 1. The zero-order valence-electron chi connectivity index (χ0n) is 15.0. The molecule has 2 amide bonds. The summed E-state index contributed by atoms with van der Waals surface area (Å²) >= 11 is 0. The molecule has 6 heteroatoms. The van der Waals surface area contributed by atoms with Crippen molar-refractivity contribution < 1.29 is 14.3 Å². The maximum Gasteiger partial charge on any atom is 0.286 e. The minimum atomic E-state index is -0.441. The van der Waals surface area contributed by atoms with Crippen LogP contribution >= 0.6 is 0 Å². The van der Waals surface area contributed by atoms with Crippen molar-refractivity contribution in [3.63, 3.8) is 0 Å². The van der Waals surface area contributed by atoms with E-state index in [0.717, 1.165) is 6.42 Å². The van der Waals surface area contributed by atoms with Gasteiger partial charge in [-0.1, -0.05) is 42.5 Å². The van der Waals surface area contributed by atoms with Crippen LogP contribution in [0, 0.1) is 0 Å². The maximum absolute atomic E-state index is 12.5. The van der Waals surface area contributed by atoms with Crippen LogP contribution in [0.5, 0.6) is 5.75 Å². The Kier molecular flexibility index (Phi) is 5.89. The van der Waals surface area contributed by atoms with Crippen molar-refractivity contribution in [3.8, 4) is 5.75 Å². The van der Waals surface area contributed by atoms with Crippen LogP contribution in [-0.2, 0) is 13.0 Å². The Balaban J connectivity index is 1.60. The van der Waals surface area contributed by atoms with Crippen LogP contribution in [0.2, 0.25) is 0 Å². The summed E-state index contributed by atoms with van der Waals surface area (Å²) in [5.41, 5.74) is 6.91. The van der Waals surface area contributed by atoms with Crippen molar-refractivity contribution in [1.29, 1.82) is 0 Å². The third-order valence-corrected chi connectivity index (χ3v) is 4.19. The van der Waals surface area contributed by atoms with Gasteiger partial charge in [0.15, 0.2) is 0 Å². The fourth-order valence-electron chi connectivity index (χ4n) is 2.79. The average molecular weight is 363 g/mol. The number of carbonyl (C=O) groups is 2. The second-order valence-corrected chi connectivity index (χ2v) is 5.93. The smallest absolute Gasteiger partial charge is 0.286 e. The highest BCUT2D eigenvalue weighted by molar-refractivity contribution is 6.00. The van der Waals surface area contributed by atoms with E-state index in [-0.39, 0.29) is 5.91 Å². The molecule has 0 bridgehead atoms. The summed E-state index contributed by atoms with van der Waals surface area (Å²) in [6, 6.07) is 20.4. The SMILES string of the molecule is COc1ccccc1C(=O)NNC(=O)c1cccn1CCc1ccccc1. The summed E-state index contributed by atoms with van der Waals surface area (Å²) in [6.07, 6.45) is 2.66. The van der Waals surface area contributed by atoms with Crippen molar-refractivity contribution in [1.82, 2.24) is 15.4 Å². The molecule has 2 aromatic carbocycles. The molecule has 1 aromatic heterocycles. The zero-order chi connectivity index (χ0) is 19.1. The fourth-order valence-corrected chi connectivity index (χ4v) is 2.79. The Bertz CT molecular complexity index is 919. The van der Waals surface area contributed by atoms with Gasteiger partial charge >= 0.3 is 0 Å². The summed E-state index contributed by atoms with van der Waals surface area (Å²) in [4.78, 5) is 24.7. The van der Waals surface area contributed by atoms with Crippen molar-refractivity contribution in [2.45, 2.75) is 13.0 Å². The first-order valence-corrected chi connectivity index (χ1v) is 8.62. The molecule has 0 radical (unpaired) electrons. The number of nitrogens with zero attached hydrogens (tertiary/aromatic N) is 1. The van der Waals surface area contributed by atoms with E-state index in [9.17, 15) is 9.59 Å². The van der Waals surface area contributed by atoms with Crippen LogP contribution in [0.3, 0.4) is 0 Å². The van der Waals surface area contributed by atoms with Gasteiger partial charge < -0.3 is 9.30 Å². The van der Waals surface area contributed by atoms with Gasteiger partial charge in [0.05, 0.1) is 12.7 Å². The lowest BCUT2D eigenvalue weighted by molar-refractivity contribution is 0.0839. The molecule has 138 valence electrons. The van der Waals surface area contributed by atoms with E-state index in [2.05, 4.69) is 23.0 Å². The number of ether oxygens (including phenoxy) is 1. The highest BCUT2D eigenvalue weighted by atomic mass is 16.5. The van der Waals surface area contributed by atoms with Crippen LogP contribution in [0.1, 0.15) is 26.4 Å². The Morgan fingerprint density at radius 1 is 0.889 bits per heavy atom. The number of carbonyl (C=O) groups excluding carboxylic acids is 2. The number of amides is 2. The number of hydrazine groups is 1. The normalized spacial score (nSPS) is 10.3. The third kappa shape index (κ3) is 4.55. The summed E-state index contributed by atoms with van der Waals surface area (Å²) in [5.74, 6) is -0.380. The number of hydrogen-bond donors (Lipinski definition) is 2. The lowest BCUT2D eigenvalue weighted by Gasteiger charge is -2.12. The van der Waals surface area contributed by atoms with Gasteiger partial charge in [-0.15, -0.1) is 0 Å². The Morgan fingerprint density at radius 2 is 1.59 bits per heavy atom. The average Bonchev–Trinajstić information content (AvgIpc) is 3.19. The summed E-state index contributed by atoms with van der Waals surface area (Å²) in [5, 5.41) is 0. The number of methoxy groups -OCH3 is 1. The van der Waals surface area contributed by atoms with Crippen molar-refractivity contribution in [3.05, 3.63) is 89.7 Å². The van der Waals surface area contributed by atoms with E-state index in [4.69, 9.17) is 4.74 Å². The molecule has 0 unspecified atom stereocenters. The Hall–Kier alpha value is -3.54. The van der Waals surface area contributed by atoms with Crippen molar-refractivity contribution in [2.24, 2.45) is 0 Å². The standard InChI is InChI=1S/C21H21N3O3/c1-27-19-12-6-5-10-17(19)20(25)22-23-21(26)18-11-7-14-24(18)15-13-16-8-3-2-4-9-16/h2-12,14H,13,15H2,1H3,(H,22,25)(H,23,26). The molecule has 0 aliphatic carbocycles. The highest BCUT2D eigenvalue weighted by Gasteiger charge is 2.15. The molecular weight excluding hydrogens is 342 g/mol. The minimum absolute atomic E-state index is 0.347. The number of benzene rings is 2. The van der Waals surface area contributed by atoms with Crippen LogP contribution < -0.4 is 15.6 Å². The molecule has 27 heavy (non-hydrogen) atoms. The van der Waals surface area contributed by atoms with Gasteiger partial charge in [0, 0.05) is 12.7 Å². The molecule has 0 saturated carbocycles. The van der Waals surface area contributed by atoms with E-state index in [0.29, 0.717) is 23.6 Å². The molecule has 3 rings (SSSR count). The van der Waals surface area contributed by atoms with Gasteiger partial charge in [-0.3, -0.25) is 20.4 Å². The van der Waals surface area contributed by atoms with Crippen LogP contribution in [0.15, 0.2) is 72.9 Å². The number of rotatable bonds is 6. The second-order valence-electron chi connectivity index (χ2n) is 5.93. The number of nitrogens with one attached hydrogen (secondary N) is 2. The predicted molar refractivity (Wildman–Crippen MR) is 103 cm³/mol. The molecule has 2 N–H and O–H groups in total. The van der Waals surface area contributed by atoms with Gasteiger partial charge in [0.2, 0.25) is 0 Å². The van der Waals surface area contributed by atoms with E-state index >= 15 is 0 Å².